The minimum absolute atomic E-state index is 0.505. The van der Waals surface area contributed by atoms with Crippen molar-refractivity contribution in [1.29, 1.82) is 0 Å². The molecule has 2 heterocycles. The van der Waals surface area contributed by atoms with Crippen molar-refractivity contribution >= 4 is 33.9 Å². The third-order valence-corrected chi connectivity index (χ3v) is 4.75. The lowest BCUT2D eigenvalue weighted by Crippen LogP contribution is -2.32. The van der Waals surface area contributed by atoms with E-state index in [1.165, 1.54) is 9.36 Å². The lowest BCUT2D eigenvalue weighted by Gasteiger charge is -2.15. The Hall–Kier alpha value is -4.20. The van der Waals surface area contributed by atoms with E-state index in [9.17, 15) is 9.59 Å². The van der Waals surface area contributed by atoms with Gasteiger partial charge in [-0.25, -0.2) is 0 Å². The van der Waals surface area contributed by atoms with E-state index in [-0.39, 0.29) is 0 Å². The Kier molecular flexibility index (Phi) is 3.94. The fourth-order valence-electron chi connectivity index (χ4n) is 3.34. The highest BCUT2D eigenvalue weighted by Crippen LogP contribution is 2.24. The maximum absolute atomic E-state index is 13.5. The van der Waals surface area contributed by atoms with Gasteiger partial charge in [-0.05, 0) is 29.8 Å². The highest BCUT2D eigenvalue weighted by atomic mass is 16.2. The SMILES string of the molecule is O=C(C(C(=O)n1nnc2ccccc21)c1ccccc1)n1nnc2ccccc21. The Morgan fingerprint density at radius 1 is 0.621 bits per heavy atom. The minimum atomic E-state index is -1.15. The smallest absolute Gasteiger partial charge is 0.266 e. The van der Waals surface area contributed by atoms with Crippen molar-refractivity contribution in [2.75, 3.05) is 0 Å². The fourth-order valence-corrected chi connectivity index (χ4v) is 3.34. The Labute approximate surface area is 164 Å². The van der Waals surface area contributed by atoms with E-state index in [0.29, 0.717) is 27.6 Å². The van der Waals surface area contributed by atoms with Crippen LogP contribution >= 0.6 is 0 Å². The van der Waals surface area contributed by atoms with Crippen molar-refractivity contribution in [3.05, 3.63) is 84.4 Å². The van der Waals surface area contributed by atoms with Crippen LogP contribution in [0.25, 0.3) is 22.1 Å². The second-order valence-electron chi connectivity index (χ2n) is 6.50. The maximum atomic E-state index is 13.5. The molecule has 0 radical (unpaired) electrons. The van der Waals surface area contributed by atoms with E-state index in [0.717, 1.165) is 0 Å². The van der Waals surface area contributed by atoms with Gasteiger partial charge in [0.1, 0.15) is 17.0 Å². The Morgan fingerprint density at radius 2 is 1.07 bits per heavy atom. The van der Waals surface area contributed by atoms with Gasteiger partial charge in [0.2, 0.25) is 0 Å². The van der Waals surface area contributed by atoms with Gasteiger partial charge in [0.15, 0.2) is 0 Å². The molecule has 0 aliphatic heterocycles. The molecule has 8 nitrogen and oxygen atoms in total. The zero-order chi connectivity index (χ0) is 19.8. The van der Waals surface area contributed by atoms with Crippen molar-refractivity contribution in [2.45, 2.75) is 5.92 Å². The summed E-state index contributed by atoms with van der Waals surface area (Å²) in [5.41, 5.74) is 2.77. The first-order valence-corrected chi connectivity index (χ1v) is 8.98. The highest BCUT2D eigenvalue weighted by molar-refractivity contribution is 6.10. The first-order chi connectivity index (χ1) is 14.2. The molecule has 0 spiro atoms. The van der Waals surface area contributed by atoms with E-state index in [4.69, 9.17) is 0 Å². The monoisotopic (exact) mass is 382 g/mol. The molecule has 0 N–H and O–H groups in total. The number of nitrogens with zero attached hydrogens (tertiary/aromatic N) is 6. The van der Waals surface area contributed by atoms with Gasteiger partial charge < -0.3 is 0 Å². The number of carbonyl (C=O) groups is 2. The van der Waals surface area contributed by atoms with Crippen LogP contribution in [-0.4, -0.2) is 41.8 Å². The summed E-state index contributed by atoms with van der Waals surface area (Å²) in [4.78, 5) is 26.9. The molecule has 0 bridgehead atoms. The second-order valence-corrected chi connectivity index (χ2v) is 6.50. The van der Waals surface area contributed by atoms with E-state index in [1.807, 2.05) is 18.2 Å². The molecule has 0 saturated heterocycles. The third kappa shape index (κ3) is 2.78. The summed E-state index contributed by atoms with van der Waals surface area (Å²) in [7, 11) is 0. The molecule has 8 heteroatoms. The van der Waals surface area contributed by atoms with Gasteiger partial charge in [0.25, 0.3) is 11.8 Å². The van der Waals surface area contributed by atoms with E-state index in [1.54, 1.807) is 60.7 Å². The summed E-state index contributed by atoms with van der Waals surface area (Å²) in [6.45, 7) is 0. The molecular weight excluding hydrogens is 368 g/mol. The Morgan fingerprint density at radius 3 is 1.59 bits per heavy atom. The van der Waals surface area contributed by atoms with Gasteiger partial charge >= 0.3 is 0 Å². The van der Waals surface area contributed by atoms with Crippen molar-refractivity contribution in [3.63, 3.8) is 0 Å². The quantitative estimate of drug-likeness (QED) is 0.445. The second kappa shape index (κ2) is 6.75. The molecule has 0 saturated carbocycles. The lowest BCUT2D eigenvalue weighted by molar-refractivity contribution is 0.0750. The predicted octanol–water partition coefficient (Wildman–Crippen LogP) is 2.94. The normalized spacial score (nSPS) is 11.3. The summed E-state index contributed by atoms with van der Waals surface area (Å²) in [6, 6.07) is 23.1. The topological polar surface area (TPSA) is 95.6 Å². The molecular formula is C21H14N6O2. The lowest BCUT2D eigenvalue weighted by atomic mass is 9.97. The standard InChI is InChI=1S/C21H14N6O2/c28-20(26-17-12-6-4-10-15(17)22-24-26)19(14-8-2-1-3-9-14)21(29)27-18-13-7-5-11-16(18)23-25-27/h1-13,19H. The molecule has 5 aromatic rings. The number of hydrogen-bond acceptors (Lipinski definition) is 6. The number of aromatic nitrogens is 6. The molecule has 3 aromatic carbocycles. The van der Waals surface area contributed by atoms with E-state index in [2.05, 4.69) is 20.6 Å². The number of fused-ring (bicyclic) bond motifs is 2. The number of rotatable bonds is 3. The van der Waals surface area contributed by atoms with Crippen molar-refractivity contribution in [3.8, 4) is 0 Å². The van der Waals surface area contributed by atoms with Crippen LogP contribution in [0.15, 0.2) is 78.9 Å². The van der Waals surface area contributed by atoms with E-state index < -0.39 is 17.7 Å². The summed E-state index contributed by atoms with van der Waals surface area (Å²) < 4.78 is 2.34. The van der Waals surface area contributed by atoms with Crippen molar-refractivity contribution < 1.29 is 9.59 Å². The number of benzene rings is 3. The first kappa shape index (κ1) is 16.9. The molecule has 0 fully saturated rings. The maximum Gasteiger partial charge on any atom is 0.266 e. The molecule has 0 atom stereocenters. The van der Waals surface area contributed by atoms with Crippen LogP contribution < -0.4 is 0 Å². The molecule has 5 rings (SSSR count). The molecule has 0 aliphatic rings. The molecule has 2 aromatic heterocycles. The predicted molar refractivity (Wildman–Crippen MR) is 105 cm³/mol. The summed E-state index contributed by atoms with van der Waals surface area (Å²) in [6.07, 6.45) is 0. The van der Waals surface area contributed by atoms with Crippen LogP contribution in [0.5, 0.6) is 0 Å². The van der Waals surface area contributed by atoms with Crippen LogP contribution in [0, 0.1) is 0 Å². The van der Waals surface area contributed by atoms with Crippen LogP contribution in [0.2, 0.25) is 0 Å². The molecule has 0 unspecified atom stereocenters. The van der Waals surface area contributed by atoms with Crippen LogP contribution in [-0.2, 0) is 0 Å². The number of carbonyl (C=O) groups excluding carboxylic acids is 2. The van der Waals surface area contributed by atoms with Crippen molar-refractivity contribution in [1.82, 2.24) is 30.0 Å². The van der Waals surface area contributed by atoms with Gasteiger partial charge in [0, 0.05) is 0 Å². The number of para-hydroxylation sites is 2. The Bertz CT molecular complexity index is 1270. The van der Waals surface area contributed by atoms with Gasteiger partial charge in [-0.1, -0.05) is 65.0 Å². The fraction of sp³-hybridized carbons (Fsp3) is 0.0476. The van der Waals surface area contributed by atoms with Crippen molar-refractivity contribution in [2.24, 2.45) is 0 Å². The van der Waals surface area contributed by atoms with E-state index >= 15 is 0 Å². The van der Waals surface area contributed by atoms with Gasteiger partial charge in [-0.15, -0.1) is 10.2 Å². The summed E-state index contributed by atoms with van der Waals surface area (Å²) in [5.74, 6) is -2.16. The zero-order valence-corrected chi connectivity index (χ0v) is 15.1. The molecule has 140 valence electrons. The van der Waals surface area contributed by atoms with Crippen LogP contribution in [0.4, 0.5) is 0 Å². The average molecular weight is 382 g/mol. The zero-order valence-electron chi connectivity index (χ0n) is 15.1. The van der Waals surface area contributed by atoms with Gasteiger partial charge in [-0.2, -0.15) is 9.36 Å². The third-order valence-electron chi connectivity index (χ3n) is 4.75. The van der Waals surface area contributed by atoms with Crippen LogP contribution in [0.1, 0.15) is 21.1 Å². The minimum Gasteiger partial charge on any atom is -0.271 e. The highest BCUT2D eigenvalue weighted by Gasteiger charge is 2.34. The van der Waals surface area contributed by atoms with Gasteiger partial charge in [0.05, 0.1) is 11.0 Å². The molecule has 0 aliphatic carbocycles. The molecule has 29 heavy (non-hydrogen) atoms. The summed E-state index contributed by atoms with van der Waals surface area (Å²) >= 11 is 0. The first-order valence-electron chi connectivity index (χ1n) is 8.98. The summed E-state index contributed by atoms with van der Waals surface area (Å²) in [5, 5.41) is 16.0. The molecule has 0 amide bonds. The average Bonchev–Trinajstić information content (AvgIpc) is 3.39. The Balaban J connectivity index is 1.66. The van der Waals surface area contributed by atoms with Crippen LogP contribution in [0.3, 0.4) is 0 Å². The van der Waals surface area contributed by atoms with Gasteiger partial charge in [-0.3, -0.25) is 9.59 Å². The number of hydrogen-bond donors (Lipinski definition) is 0. The largest absolute Gasteiger partial charge is 0.271 e.